The van der Waals surface area contributed by atoms with E-state index in [1.807, 2.05) is 0 Å². The largest absolute Gasteiger partial charge is 0.315 e. The van der Waals surface area contributed by atoms with E-state index < -0.39 is 0 Å². The molecule has 2 heteroatoms. The molecule has 0 bridgehead atoms. The van der Waals surface area contributed by atoms with Crippen molar-refractivity contribution in [3.63, 3.8) is 0 Å². The molecule has 2 nitrogen and oxygen atoms in total. The molecule has 0 saturated heterocycles. The Hall–Kier alpha value is -0.0800. The Morgan fingerprint density at radius 1 is 1.00 bits per heavy atom. The molecule has 0 aromatic carbocycles. The Bertz CT molecular complexity index is 146. The molecule has 0 rings (SSSR count). The van der Waals surface area contributed by atoms with Crippen LogP contribution in [0.1, 0.15) is 59.8 Å². The molecule has 0 aliphatic heterocycles. The van der Waals surface area contributed by atoms with Crippen LogP contribution < -0.4 is 5.32 Å². The molecule has 0 heterocycles. The van der Waals surface area contributed by atoms with Gasteiger partial charge in [0, 0.05) is 12.1 Å². The molecular weight excluding hydrogens is 196 g/mol. The van der Waals surface area contributed by atoms with Crippen LogP contribution in [0.25, 0.3) is 0 Å². The molecule has 1 N–H and O–H groups in total. The average molecular weight is 228 g/mol. The Kier molecular flexibility index (Phi) is 10.0. The van der Waals surface area contributed by atoms with Crippen LogP contribution in [-0.2, 0) is 0 Å². The number of hydrogen-bond acceptors (Lipinski definition) is 2. The van der Waals surface area contributed by atoms with Crippen molar-refractivity contribution < 1.29 is 0 Å². The summed E-state index contributed by atoms with van der Waals surface area (Å²) in [4.78, 5) is 2.48. The minimum atomic E-state index is 0.636. The number of rotatable bonds is 10. The Labute approximate surface area is 103 Å². The van der Waals surface area contributed by atoms with E-state index in [0.29, 0.717) is 6.04 Å². The lowest BCUT2D eigenvalue weighted by Crippen LogP contribution is -2.29. The smallest absolute Gasteiger partial charge is 0.00612 e. The molecule has 0 aliphatic carbocycles. The number of nitrogens with zero attached hydrogens (tertiary/aromatic N) is 1. The lowest BCUT2D eigenvalue weighted by atomic mass is 10.1. The first-order valence-electron chi connectivity index (χ1n) is 7.01. The third-order valence-electron chi connectivity index (χ3n) is 3.33. The lowest BCUT2D eigenvalue weighted by Gasteiger charge is -2.23. The molecule has 1 atom stereocenters. The summed E-state index contributed by atoms with van der Waals surface area (Å²) in [6.45, 7) is 11.4. The highest BCUT2D eigenvalue weighted by molar-refractivity contribution is 4.61. The Balaban J connectivity index is 3.20. The van der Waals surface area contributed by atoms with Gasteiger partial charge in [0.1, 0.15) is 0 Å². The summed E-state index contributed by atoms with van der Waals surface area (Å²) >= 11 is 0. The standard InChI is InChI=1S/C14H32N2/c1-6-14(4)16(5)12-10-8-7-9-11-15-13(2)3/h13-15H,6-12H2,1-5H3. The molecular formula is C14H32N2. The molecule has 0 aromatic rings. The lowest BCUT2D eigenvalue weighted by molar-refractivity contribution is 0.246. The van der Waals surface area contributed by atoms with Crippen LogP contribution in [0, 0.1) is 0 Å². The van der Waals surface area contributed by atoms with E-state index in [2.05, 4.69) is 45.0 Å². The van der Waals surface area contributed by atoms with E-state index in [0.717, 1.165) is 6.04 Å². The summed E-state index contributed by atoms with van der Waals surface area (Å²) in [5, 5.41) is 3.46. The van der Waals surface area contributed by atoms with Crippen molar-refractivity contribution in [3.05, 3.63) is 0 Å². The van der Waals surface area contributed by atoms with Crippen molar-refractivity contribution in [2.45, 2.75) is 71.9 Å². The summed E-state index contributed by atoms with van der Waals surface area (Å²) < 4.78 is 0. The molecule has 98 valence electrons. The minimum absolute atomic E-state index is 0.636. The number of unbranched alkanes of at least 4 members (excludes halogenated alkanes) is 3. The first-order chi connectivity index (χ1) is 7.57. The second-order valence-electron chi connectivity index (χ2n) is 5.26. The molecule has 0 aromatic heterocycles. The highest BCUT2D eigenvalue weighted by Crippen LogP contribution is 2.05. The third kappa shape index (κ3) is 9.17. The summed E-state index contributed by atoms with van der Waals surface area (Å²) in [6.07, 6.45) is 6.68. The Morgan fingerprint density at radius 2 is 1.62 bits per heavy atom. The zero-order valence-electron chi connectivity index (χ0n) is 12.1. The second kappa shape index (κ2) is 10.1. The topological polar surface area (TPSA) is 15.3 Å². The van der Waals surface area contributed by atoms with Gasteiger partial charge in [0.2, 0.25) is 0 Å². The molecule has 0 saturated carbocycles. The highest BCUT2D eigenvalue weighted by Gasteiger charge is 2.05. The maximum Gasteiger partial charge on any atom is 0.00612 e. The van der Waals surface area contributed by atoms with Crippen LogP contribution >= 0.6 is 0 Å². The van der Waals surface area contributed by atoms with Gasteiger partial charge < -0.3 is 10.2 Å². The first-order valence-corrected chi connectivity index (χ1v) is 7.01. The van der Waals surface area contributed by atoms with Crippen LogP contribution in [0.15, 0.2) is 0 Å². The monoisotopic (exact) mass is 228 g/mol. The molecule has 0 radical (unpaired) electrons. The predicted molar refractivity (Wildman–Crippen MR) is 74.0 cm³/mol. The van der Waals surface area contributed by atoms with Crippen LogP contribution in [0.5, 0.6) is 0 Å². The molecule has 16 heavy (non-hydrogen) atoms. The van der Waals surface area contributed by atoms with Crippen molar-refractivity contribution in [2.75, 3.05) is 20.1 Å². The SMILES string of the molecule is CCC(C)N(C)CCCCCCNC(C)C. The van der Waals surface area contributed by atoms with Gasteiger partial charge in [-0.05, 0) is 46.3 Å². The predicted octanol–water partition coefficient (Wildman–Crippen LogP) is 3.28. The van der Waals surface area contributed by atoms with E-state index in [1.165, 1.54) is 45.2 Å². The normalized spacial score (nSPS) is 13.7. The number of nitrogens with one attached hydrogen (secondary N) is 1. The van der Waals surface area contributed by atoms with Gasteiger partial charge in [-0.15, -0.1) is 0 Å². The fourth-order valence-corrected chi connectivity index (χ4v) is 1.76. The zero-order valence-corrected chi connectivity index (χ0v) is 12.1. The van der Waals surface area contributed by atoms with Crippen LogP contribution in [-0.4, -0.2) is 37.1 Å². The first kappa shape index (κ1) is 15.9. The second-order valence-corrected chi connectivity index (χ2v) is 5.26. The fraction of sp³-hybridized carbons (Fsp3) is 1.00. The van der Waals surface area contributed by atoms with Crippen molar-refractivity contribution >= 4 is 0 Å². The Morgan fingerprint density at radius 3 is 2.19 bits per heavy atom. The van der Waals surface area contributed by atoms with Crippen molar-refractivity contribution in [1.82, 2.24) is 10.2 Å². The molecule has 0 spiro atoms. The van der Waals surface area contributed by atoms with Crippen molar-refractivity contribution in [1.29, 1.82) is 0 Å². The number of hydrogen-bond donors (Lipinski definition) is 1. The third-order valence-corrected chi connectivity index (χ3v) is 3.33. The van der Waals surface area contributed by atoms with E-state index >= 15 is 0 Å². The van der Waals surface area contributed by atoms with E-state index in [1.54, 1.807) is 0 Å². The van der Waals surface area contributed by atoms with Gasteiger partial charge in [-0.25, -0.2) is 0 Å². The molecule has 0 aliphatic rings. The van der Waals surface area contributed by atoms with E-state index in [4.69, 9.17) is 0 Å². The van der Waals surface area contributed by atoms with Gasteiger partial charge in [0.15, 0.2) is 0 Å². The van der Waals surface area contributed by atoms with E-state index in [9.17, 15) is 0 Å². The van der Waals surface area contributed by atoms with Crippen LogP contribution in [0.2, 0.25) is 0 Å². The molecule has 0 fully saturated rings. The van der Waals surface area contributed by atoms with Gasteiger partial charge in [0.25, 0.3) is 0 Å². The molecule has 1 unspecified atom stereocenters. The van der Waals surface area contributed by atoms with Gasteiger partial charge in [0.05, 0.1) is 0 Å². The molecule has 0 amide bonds. The summed E-state index contributed by atoms with van der Waals surface area (Å²) in [7, 11) is 2.24. The maximum atomic E-state index is 3.46. The summed E-state index contributed by atoms with van der Waals surface area (Å²) in [6, 6.07) is 1.37. The fourth-order valence-electron chi connectivity index (χ4n) is 1.76. The van der Waals surface area contributed by atoms with Gasteiger partial charge >= 0.3 is 0 Å². The van der Waals surface area contributed by atoms with Gasteiger partial charge in [-0.3, -0.25) is 0 Å². The van der Waals surface area contributed by atoms with Crippen molar-refractivity contribution in [2.24, 2.45) is 0 Å². The summed E-state index contributed by atoms with van der Waals surface area (Å²) in [5.41, 5.74) is 0. The quantitative estimate of drug-likeness (QED) is 0.577. The average Bonchev–Trinajstić information content (AvgIpc) is 2.25. The van der Waals surface area contributed by atoms with Gasteiger partial charge in [-0.2, -0.15) is 0 Å². The van der Waals surface area contributed by atoms with E-state index in [-0.39, 0.29) is 0 Å². The summed E-state index contributed by atoms with van der Waals surface area (Å²) in [5.74, 6) is 0. The van der Waals surface area contributed by atoms with Gasteiger partial charge in [-0.1, -0.05) is 33.6 Å². The zero-order chi connectivity index (χ0) is 12.4. The van der Waals surface area contributed by atoms with Crippen LogP contribution in [0.4, 0.5) is 0 Å². The minimum Gasteiger partial charge on any atom is -0.315 e. The maximum absolute atomic E-state index is 3.46. The van der Waals surface area contributed by atoms with Crippen molar-refractivity contribution in [3.8, 4) is 0 Å². The van der Waals surface area contributed by atoms with Crippen LogP contribution in [0.3, 0.4) is 0 Å². The highest BCUT2D eigenvalue weighted by atomic mass is 15.1.